The van der Waals surface area contributed by atoms with E-state index in [9.17, 15) is 9.18 Å². The minimum Gasteiger partial charge on any atom is -0.403 e. The minimum absolute atomic E-state index is 0.229. The third kappa shape index (κ3) is 3.06. The second-order valence-electron chi connectivity index (χ2n) is 4.91. The Morgan fingerprint density at radius 1 is 1.41 bits per heavy atom. The number of rotatable bonds is 3. The molecule has 2 rings (SSSR count). The molecule has 1 aliphatic heterocycles. The van der Waals surface area contributed by atoms with E-state index in [0.717, 1.165) is 0 Å². The van der Waals surface area contributed by atoms with Gasteiger partial charge >= 0.3 is 0 Å². The second-order valence-corrected chi connectivity index (χ2v) is 4.91. The molecule has 0 aliphatic carbocycles. The van der Waals surface area contributed by atoms with Gasteiger partial charge in [-0.2, -0.15) is 0 Å². The molecule has 0 saturated heterocycles. The minimum atomic E-state index is -0.376. The summed E-state index contributed by atoms with van der Waals surface area (Å²) in [5.41, 5.74) is 7.34. The first-order valence-corrected chi connectivity index (χ1v) is 6.58. The maximum atomic E-state index is 14.1. The molecule has 0 radical (unpaired) electrons. The van der Waals surface area contributed by atoms with Crippen molar-refractivity contribution >= 4 is 23.0 Å². The summed E-state index contributed by atoms with van der Waals surface area (Å²) in [6.45, 7) is 3.67. The van der Waals surface area contributed by atoms with Crippen LogP contribution in [-0.2, 0) is 4.79 Å². The normalized spacial score (nSPS) is 16.9. The van der Waals surface area contributed by atoms with Crippen molar-refractivity contribution in [3.05, 3.63) is 60.2 Å². The van der Waals surface area contributed by atoms with Crippen LogP contribution in [0.2, 0.25) is 0 Å². The summed E-state index contributed by atoms with van der Waals surface area (Å²) in [5, 5.41) is 2.67. The summed E-state index contributed by atoms with van der Waals surface area (Å²) in [7, 11) is 3.52. The number of nitrogens with zero attached hydrogens (tertiary/aromatic N) is 2. The molecule has 3 N–H and O–H groups in total. The van der Waals surface area contributed by atoms with Gasteiger partial charge in [-0.25, -0.2) is 4.39 Å². The standard InChI is InChI=1S/C16H17FN4O/c1-10-13(19-7-6-18)9-14(20-16(10)22)11-4-5-15(21(2)3)12(17)8-11/h4-9H,1,18H2,2-3H3,(H,20,22)/b7-6-,19-13?. The van der Waals surface area contributed by atoms with Gasteiger partial charge in [0.1, 0.15) is 5.82 Å². The first-order chi connectivity index (χ1) is 10.4. The molecule has 114 valence electrons. The number of nitrogens with one attached hydrogen (secondary N) is 1. The predicted octanol–water partition coefficient (Wildman–Crippen LogP) is 1.79. The van der Waals surface area contributed by atoms with E-state index in [-0.39, 0.29) is 17.3 Å². The van der Waals surface area contributed by atoms with Crippen molar-refractivity contribution in [1.82, 2.24) is 5.32 Å². The van der Waals surface area contributed by atoms with Crippen LogP contribution in [0.5, 0.6) is 0 Å². The van der Waals surface area contributed by atoms with Crippen LogP contribution in [0.1, 0.15) is 5.56 Å². The average molecular weight is 300 g/mol. The van der Waals surface area contributed by atoms with Gasteiger partial charge in [0.05, 0.1) is 22.7 Å². The Balaban J connectivity index is 2.45. The molecule has 0 fully saturated rings. The number of hydrogen-bond acceptors (Lipinski definition) is 4. The molecule has 0 atom stereocenters. The molecule has 1 aromatic rings. The van der Waals surface area contributed by atoms with E-state index in [4.69, 9.17) is 5.73 Å². The van der Waals surface area contributed by atoms with Crippen LogP contribution >= 0.6 is 0 Å². The summed E-state index contributed by atoms with van der Waals surface area (Å²) in [6.07, 6.45) is 4.25. The Bertz CT molecular complexity index is 717. The zero-order chi connectivity index (χ0) is 16.3. The van der Waals surface area contributed by atoms with Crippen LogP contribution in [0.15, 0.2) is 53.8 Å². The first-order valence-electron chi connectivity index (χ1n) is 6.58. The lowest BCUT2D eigenvalue weighted by molar-refractivity contribution is -0.115. The average Bonchev–Trinajstić information content (AvgIpc) is 2.48. The van der Waals surface area contributed by atoms with E-state index in [0.29, 0.717) is 22.7 Å². The first kappa shape index (κ1) is 15.5. The zero-order valence-electron chi connectivity index (χ0n) is 12.4. The molecule has 0 aromatic heterocycles. The fourth-order valence-electron chi connectivity index (χ4n) is 2.01. The number of carbonyl (C=O) groups is 1. The van der Waals surface area contributed by atoms with Crippen molar-refractivity contribution in [3.63, 3.8) is 0 Å². The van der Waals surface area contributed by atoms with Gasteiger partial charge in [-0.15, -0.1) is 0 Å². The number of benzene rings is 1. The number of hydrogen-bond donors (Lipinski definition) is 2. The summed E-state index contributed by atoms with van der Waals surface area (Å²) in [6, 6.07) is 4.75. The molecular weight excluding hydrogens is 283 g/mol. The van der Waals surface area contributed by atoms with Crippen LogP contribution in [0.3, 0.4) is 0 Å². The summed E-state index contributed by atoms with van der Waals surface area (Å²) >= 11 is 0. The van der Waals surface area contributed by atoms with Crippen LogP contribution in [0, 0.1) is 5.82 Å². The maximum absolute atomic E-state index is 14.1. The van der Waals surface area contributed by atoms with Gasteiger partial charge in [0, 0.05) is 32.1 Å². The second kappa shape index (κ2) is 6.26. The number of carbonyl (C=O) groups excluding carboxylic acids is 1. The summed E-state index contributed by atoms with van der Waals surface area (Å²) in [5.74, 6) is -0.749. The molecule has 0 saturated carbocycles. The molecule has 5 nitrogen and oxygen atoms in total. The van der Waals surface area contributed by atoms with Crippen molar-refractivity contribution in [1.29, 1.82) is 0 Å². The highest BCUT2D eigenvalue weighted by molar-refractivity contribution is 6.31. The molecule has 0 bridgehead atoms. The van der Waals surface area contributed by atoms with E-state index < -0.39 is 0 Å². The Morgan fingerprint density at radius 2 is 2.14 bits per heavy atom. The van der Waals surface area contributed by atoms with Gasteiger partial charge in [0.15, 0.2) is 0 Å². The van der Waals surface area contributed by atoms with E-state index in [1.165, 1.54) is 18.5 Å². The highest BCUT2D eigenvalue weighted by atomic mass is 19.1. The number of nitrogens with two attached hydrogens (primary N) is 1. The van der Waals surface area contributed by atoms with Crippen molar-refractivity contribution in [2.45, 2.75) is 0 Å². The lowest BCUT2D eigenvalue weighted by Gasteiger charge is -2.19. The molecule has 0 spiro atoms. The zero-order valence-corrected chi connectivity index (χ0v) is 12.4. The van der Waals surface area contributed by atoms with E-state index in [1.807, 2.05) is 0 Å². The van der Waals surface area contributed by atoms with E-state index in [1.54, 1.807) is 37.2 Å². The molecule has 6 heteroatoms. The maximum Gasteiger partial charge on any atom is 0.257 e. The number of anilines is 1. The highest BCUT2D eigenvalue weighted by Crippen LogP contribution is 2.24. The Hall–Kier alpha value is -2.89. The van der Waals surface area contributed by atoms with Gasteiger partial charge in [-0.1, -0.05) is 12.6 Å². The fraction of sp³-hybridized carbons (Fsp3) is 0.125. The van der Waals surface area contributed by atoms with Crippen LogP contribution < -0.4 is 16.0 Å². The summed E-state index contributed by atoms with van der Waals surface area (Å²) in [4.78, 5) is 17.6. The Kier molecular flexibility index (Phi) is 4.41. The van der Waals surface area contributed by atoms with Crippen molar-refractivity contribution in [3.8, 4) is 0 Å². The van der Waals surface area contributed by atoms with Crippen molar-refractivity contribution in [2.75, 3.05) is 19.0 Å². The number of halogens is 1. The monoisotopic (exact) mass is 300 g/mol. The Labute approximate surface area is 128 Å². The third-order valence-electron chi connectivity index (χ3n) is 3.15. The number of amides is 1. The van der Waals surface area contributed by atoms with Gasteiger partial charge < -0.3 is 16.0 Å². The quantitative estimate of drug-likeness (QED) is 0.836. The Morgan fingerprint density at radius 3 is 2.73 bits per heavy atom. The van der Waals surface area contributed by atoms with Crippen LogP contribution in [-0.4, -0.2) is 25.7 Å². The van der Waals surface area contributed by atoms with Crippen molar-refractivity contribution in [2.24, 2.45) is 10.7 Å². The molecule has 22 heavy (non-hydrogen) atoms. The van der Waals surface area contributed by atoms with E-state index in [2.05, 4.69) is 16.9 Å². The highest BCUT2D eigenvalue weighted by Gasteiger charge is 2.21. The van der Waals surface area contributed by atoms with Crippen molar-refractivity contribution < 1.29 is 9.18 Å². The number of aliphatic imine (C=N–C) groups is 1. The fourth-order valence-corrected chi connectivity index (χ4v) is 2.01. The lowest BCUT2D eigenvalue weighted by atomic mass is 10.0. The smallest absolute Gasteiger partial charge is 0.257 e. The molecular formula is C16H17FN4O. The van der Waals surface area contributed by atoms with Crippen LogP contribution in [0.25, 0.3) is 5.70 Å². The van der Waals surface area contributed by atoms with Crippen LogP contribution in [0.4, 0.5) is 10.1 Å². The van der Waals surface area contributed by atoms with Gasteiger partial charge in [0.25, 0.3) is 5.91 Å². The predicted molar refractivity (Wildman–Crippen MR) is 86.7 cm³/mol. The summed E-state index contributed by atoms with van der Waals surface area (Å²) < 4.78 is 14.1. The topological polar surface area (TPSA) is 70.7 Å². The molecule has 1 heterocycles. The molecule has 1 aliphatic rings. The third-order valence-corrected chi connectivity index (χ3v) is 3.15. The largest absolute Gasteiger partial charge is 0.403 e. The number of allylic oxidation sites excluding steroid dienone is 1. The van der Waals surface area contributed by atoms with Gasteiger partial charge in [0.2, 0.25) is 0 Å². The SMILES string of the molecule is C=C1C(=O)NC(c2ccc(N(C)C)c(F)c2)=CC1=N/C=C\N. The lowest BCUT2D eigenvalue weighted by Crippen LogP contribution is -2.31. The van der Waals surface area contributed by atoms with Gasteiger partial charge in [-0.05, 0) is 18.2 Å². The van der Waals surface area contributed by atoms with E-state index >= 15 is 0 Å². The molecule has 1 aromatic carbocycles. The van der Waals surface area contributed by atoms with Gasteiger partial charge in [-0.3, -0.25) is 9.79 Å². The molecule has 0 unspecified atom stereocenters. The molecule has 1 amide bonds.